The summed E-state index contributed by atoms with van der Waals surface area (Å²) in [5, 5.41) is 11.4. The Morgan fingerprint density at radius 2 is 2.05 bits per heavy atom. The van der Waals surface area contributed by atoms with Crippen LogP contribution >= 0.6 is 0 Å². The SMILES string of the molecule is CC(C)(NC(=O)CN1C(=O)COc2ccccc21)C(=O)O. The van der Waals surface area contributed by atoms with Gasteiger partial charge in [-0.3, -0.25) is 14.5 Å². The zero-order valence-corrected chi connectivity index (χ0v) is 11.8. The normalized spacial score (nSPS) is 14.2. The second-order valence-corrected chi connectivity index (χ2v) is 5.21. The molecule has 7 heteroatoms. The lowest BCUT2D eigenvalue weighted by Gasteiger charge is -2.30. The predicted molar refractivity (Wildman–Crippen MR) is 74.1 cm³/mol. The van der Waals surface area contributed by atoms with Crippen molar-refractivity contribution in [1.29, 1.82) is 0 Å². The third-order valence-electron chi connectivity index (χ3n) is 3.10. The number of carbonyl (C=O) groups is 3. The first kappa shape index (κ1) is 14.8. The van der Waals surface area contributed by atoms with E-state index in [-0.39, 0.29) is 19.1 Å². The first-order valence-electron chi connectivity index (χ1n) is 6.38. The maximum Gasteiger partial charge on any atom is 0.328 e. The highest BCUT2D eigenvalue weighted by Gasteiger charge is 2.32. The molecule has 2 rings (SSSR count). The Labute approximate surface area is 121 Å². The number of amides is 2. The molecular formula is C14H16N2O5. The summed E-state index contributed by atoms with van der Waals surface area (Å²) in [5.41, 5.74) is -0.900. The maximum atomic E-state index is 12.0. The van der Waals surface area contributed by atoms with Gasteiger partial charge in [0, 0.05) is 0 Å². The molecule has 0 atom stereocenters. The molecule has 0 aliphatic carbocycles. The number of aliphatic carboxylic acids is 1. The molecule has 0 fully saturated rings. The minimum absolute atomic E-state index is 0.146. The van der Waals surface area contributed by atoms with Gasteiger partial charge in [-0.15, -0.1) is 0 Å². The quantitative estimate of drug-likeness (QED) is 0.837. The van der Waals surface area contributed by atoms with Gasteiger partial charge in [0.05, 0.1) is 5.69 Å². The average Bonchev–Trinajstić information content (AvgIpc) is 2.41. The van der Waals surface area contributed by atoms with E-state index in [9.17, 15) is 14.4 Å². The van der Waals surface area contributed by atoms with Crippen LogP contribution in [0.25, 0.3) is 0 Å². The van der Waals surface area contributed by atoms with Crippen LogP contribution in [0, 0.1) is 0 Å². The topological polar surface area (TPSA) is 95.9 Å². The number of hydrogen-bond donors (Lipinski definition) is 2. The van der Waals surface area contributed by atoms with Crippen LogP contribution in [0.4, 0.5) is 5.69 Å². The molecule has 0 saturated carbocycles. The summed E-state index contributed by atoms with van der Waals surface area (Å²) in [6, 6.07) is 6.86. The number of benzene rings is 1. The second kappa shape index (κ2) is 5.43. The fraction of sp³-hybridized carbons (Fsp3) is 0.357. The molecule has 21 heavy (non-hydrogen) atoms. The van der Waals surface area contributed by atoms with Crippen LogP contribution in [0.2, 0.25) is 0 Å². The van der Waals surface area contributed by atoms with Crippen molar-refractivity contribution in [2.75, 3.05) is 18.1 Å². The Bertz CT molecular complexity index is 597. The Balaban J connectivity index is 2.14. The Hall–Kier alpha value is -2.57. The van der Waals surface area contributed by atoms with Crippen molar-refractivity contribution < 1.29 is 24.2 Å². The van der Waals surface area contributed by atoms with Crippen molar-refractivity contribution in [3.05, 3.63) is 24.3 Å². The summed E-state index contributed by atoms with van der Waals surface area (Å²) in [7, 11) is 0. The molecule has 1 aromatic rings. The van der Waals surface area contributed by atoms with Crippen molar-refractivity contribution in [2.24, 2.45) is 0 Å². The van der Waals surface area contributed by atoms with Crippen LogP contribution in [0.1, 0.15) is 13.8 Å². The van der Waals surface area contributed by atoms with Crippen molar-refractivity contribution in [3.63, 3.8) is 0 Å². The molecule has 2 N–H and O–H groups in total. The summed E-state index contributed by atoms with van der Waals surface area (Å²) in [4.78, 5) is 36.2. The van der Waals surface area contributed by atoms with Crippen molar-refractivity contribution in [1.82, 2.24) is 5.32 Å². The first-order chi connectivity index (χ1) is 9.81. The van der Waals surface area contributed by atoms with Crippen LogP contribution < -0.4 is 15.0 Å². The molecule has 1 aliphatic heterocycles. The first-order valence-corrected chi connectivity index (χ1v) is 6.38. The van der Waals surface area contributed by atoms with E-state index in [0.717, 1.165) is 0 Å². The van der Waals surface area contributed by atoms with Crippen LogP contribution in [0.5, 0.6) is 5.75 Å². The number of nitrogens with one attached hydrogen (secondary N) is 1. The standard InChI is InChI=1S/C14H16N2O5/c1-14(2,13(19)20)15-11(17)7-16-9-5-3-4-6-10(9)21-8-12(16)18/h3-6H,7-8H2,1-2H3,(H,15,17)(H,19,20). The minimum Gasteiger partial charge on any atom is -0.482 e. The summed E-state index contributed by atoms with van der Waals surface area (Å²) < 4.78 is 5.27. The molecule has 0 unspecified atom stereocenters. The van der Waals surface area contributed by atoms with Gasteiger partial charge in [0.2, 0.25) is 5.91 Å². The lowest BCUT2D eigenvalue weighted by molar-refractivity contribution is -0.145. The van der Waals surface area contributed by atoms with Crippen molar-refractivity contribution in [2.45, 2.75) is 19.4 Å². The Kier molecular flexibility index (Phi) is 3.84. The summed E-state index contributed by atoms with van der Waals surface area (Å²) in [6.45, 7) is 2.35. The highest BCUT2D eigenvalue weighted by atomic mass is 16.5. The number of rotatable bonds is 4. The van der Waals surface area contributed by atoms with E-state index in [1.807, 2.05) is 0 Å². The third-order valence-corrected chi connectivity index (χ3v) is 3.10. The number of ether oxygens (including phenoxy) is 1. The van der Waals surface area contributed by atoms with Gasteiger partial charge in [-0.1, -0.05) is 12.1 Å². The largest absolute Gasteiger partial charge is 0.482 e. The molecule has 1 heterocycles. The van der Waals surface area contributed by atoms with E-state index in [1.165, 1.54) is 18.7 Å². The number of carbonyl (C=O) groups excluding carboxylic acids is 2. The van der Waals surface area contributed by atoms with Crippen LogP contribution in [0.15, 0.2) is 24.3 Å². The Morgan fingerprint density at radius 3 is 2.71 bits per heavy atom. The number of fused-ring (bicyclic) bond motifs is 1. The minimum atomic E-state index is -1.40. The Morgan fingerprint density at radius 1 is 1.38 bits per heavy atom. The molecule has 0 radical (unpaired) electrons. The van der Waals surface area contributed by atoms with Gasteiger partial charge in [0.15, 0.2) is 6.61 Å². The zero-order chi connectivity index (χ0) is 15.6. The fourth-order valence-electron chi connectivity index (χ4n) is 1.91. The molecule has 0 spiro atoms. The molecular weight excluding hydrogens is 276 g/mol. The third kappa shape index (κ3) is 3.13. The second-order valence-electron chi connectivity index (χ2n) is 5.21. The van der Waals surface area contributed by atoms with Gasteiger partial charge in [-0.05, 0) is 26.0 Å². The number of carboxylic acids is 1. The number of nitrogens with zero attached hydrogens (tertiary/aromatic N) is 1. The summed E-state index contributed by atoms with van der Waals surface area (Å²) in [6.07, 6.45) is 0. The molecule has 112 valence electrons. The highest BCUT2D eigenvalue weighted by Crippen LogP contribution is 2.31. The predicted octanol–water partition coefficient (Wildman–Crippen LogP) is 0.391. The molecule has 7 nitrogen and oxygen atoms in total. The number of para-hydroxylation sites is 2. The van der Waals surface area contributed by atoms with E-state index in [0.29, 0.717) is 11.4 Å². The van der Waals surface area contributed by atoms with Crippen molar-refractivity contribution in [3.8, 4) is 5.75 Å². The van der Waals surface area contributed by atoms with E-state index < -0.39 is 17.4 Å². The van der Waals surface area contributed by atoms with E-state index in [4.69, 9.17) is 9.84 Å². The number of carboxylic acid groups (broad SMARTS) is 1. The molecule has 1 aromatic carbocycles. The van der Waals surface area contributed by atoms with E-state index >= 15 is 0 Å². The van der Waals surface area contributed by atoms with Gasteiger partial charge in [0.1, 0.15) is 17.8 Å². The number of anilines is 1. The lowest BCUT2D eigenvalue weighted by Crippen LogP contribution is -2.54. The van der Waals surface area contributed by atoms with Gasteiger partial charge in [-0.2, -0.15) is 0 Å². The maximum absolute atomic E-state index is 12.0. The average molecular weight is 292 g/mol. The lowest BCUT2D eigenvalue weighted by atomic mass is 10.1. The zero-order valence-electron chi connectivity index (χ0n) is 11.8. The fourth-order valence-corrected chi connectivity index (χ4v) is 1.91. The molecule has 0 bridgehead atoms. The van der Waals surface area contributed by atoms with E-state index in [2.05, 4.69) is 5.32 Å². The van der Waals surface area contributed by atoms with Crippen molar-refractivity contribution >= 4 is 23.5 Å². The van der Waals surface area contributed by atoms with Gasteiger partial charge >= 0.3 is 5.97 Å². The van der Waals surface area contributed by atoms with Gasteiger partial charge in [-0.25, -0.2) is 4.79 Å². The molecule has 2 amide bonds. The van der Waals surface area contributed by atoms with Crippen LogP contribution in [-0.2, 0) is 14.4 Å². The van der Waals surface area contributed by atoms with Gasteiger partial charge < -0.3 is 15.2 Å². The van der Waals surface area contributed by atoms with E-state index in [1.54, 1.807) is 24.3 Å². The van der Waals surface area contributed by atoms with Gasteiger partial charge in [0.25, 0.3) is 5.91 Å². The summed E-state index contributed by atoms with van der Waals surface area (Å²) >= 11 is 0. The monoisotopic (exact) mass is 292 g/mol. The smallest absolute Gasteiger partial charge is 0.328 e. The highest BCUT2D eigenvalue weighted by molar-refractivity contribution is 6.02. The molecule has 1 aliphatic rings. The molecule has 0 aromatic heterocycles. The molecule has 0 saturated heterocycles. The van der Waals surface area contributed by atoms with Crippen LogP contribution in [0.3, 0.4) is 0 Å². The number of hydrogen-bond acceptors (Lipinski definition) is 4. The summed E-state index contributed by atoms with van der Waals surface area (Å²) in [5.74, 6) is -1.53. The van der Waals surface area contributed by atoms with Crippen LogP contribution in [-0.4, -0.2) is 41.6 Å².